The monoisotopic (exact) mass is 265 g/mol. The zero-order valence-corrected chi connectivity index (χ0v) is 11.4. The van der Waals surface area contributed by atoms with Gasteiger partial charge < -0.3 is 10.1 Å². The third kappa shape index (κ3) is 2.23. The van der Waals surface area contributed by atoms with Crippen LogP contribution in [0, 0.1) is 12.3 Å². The molecule has 1 aromatic heterocycles. The predicted molar refractivity (Wildman–Crippen MR) is 73.2 cm³/mol. The molecule has 0 spiro atoms. The van der Waals surface area contributed by atoms with Gasteiger partial charge >= 0.3 is 5.97 Å². The maximum atomic E-state index is 11.2. The second-order valence-electron chi connectivity index (χ2n) is 5.32. The molecule has 3 nitrogen and oxygen atoms in total. The van der Waals surface area contributed by atoms with Crippen LogP contribution >= 0.6 is 11.6 Å². The number of fused-ring (bicyclic) bond motifs is 1. The molecule has 1 heterocycles. The number of aryl methyl sites for hydroxylation is 1. The molecule has 2 rings (SSSR count). The lowest BCUT2D eigenvalue weighted by Crippen LogP contribution is -2.26. The molecule has 0 radical (unpaired) electrons. The van der Waals surface area contributed by atoms with Crippen molar-refractivity contribution in [2.24, 2.45) is 5.41 Å². The van der Waals surface area contributed by atoms with Crippen LogP contribution in [0.1, 0.15) is 25.1 Å². The molecule has 96 valence electrons. The van der Waals surface area contributed by atoms with Crippen LogP contribution in [0.3, 0.4) is 0 Å². The van der Waals surface area contributed by atoms with Gasteiger partial charge in [-0.05, 0) is 44.9 Å². The topological polar surface area (TPSA) is 53.1 Å². The molecule has 0 bridgehead atoms. The van der Waals surface area contributed by atoms with Crippen LogP contribution < -0.4 is 0 Å². The van der Waals surface area contributed by atoms with Crippen molar-refractivity contribution < 1.29 is 9.90 Å². The molecule has 1 aromatic carbocycles. The lowest BCUT2D eigenvalue weighted by molar-refractivity contribution is -0.146. The van der Waals surface area contributed by atoms with Crippen LogP contribution in [0.5, 0.6) is 0 Å². The van der Waals surface area contributed by atoms with E-state index >= 15 is 0 Å². The molecule has 0 saturated carbocycles. The van der Waals surface area contributed by atoms with E-state index in [1.807, 2.05) is 25.1 Å². The van der Waals surface area contributed by atoms with E-state index < -0.39 is 11.4 Å². The van der Waals surface area contributed by atoms with Crippen molar-refractivity contribution in [3.8, 4) is 0 Å². The van der Waals surface area contributed by atoms with E-state index in [9.17, 15) is 4.79 Å². The van der Waals surface area contributed by atoms with Crippen LogP contribution in [0.25, 0.3) is 10.9 Å². The minimum Gasteiger partial charge on any atom is -0.481 e. The van der Waals surface area contributed by atoms with E-state index in [1.54, 1.807) is 13.8 Å². The van der Waals surface area contributed by atoms with Crippen molar-refractivity contribution in [1.29, 1.82) is 0 Å². The number of halogens is 1. The summed E-state index contributed by atoms with van der Waals surface area (Å²) in [5.41, 5.74) is 2.08. The summed E-state index contributed by atoms with van der Waals surface area (Å²) in [6, 6.07) is 5.82. The maximum Gasteiger partial charge on any atom is 0.309 e. The van der Waals surface area contributed by atoms with Gasteiger partial charge in [0.05, 0.1) is 10.4 Å². The molecule has 4 heteroatoms. The van der Waals surface area contributed by atoms with E-state index in [0.29, 0.717) is 11.4 Å². The molecule has 0 unspecified atom stereocenters. The third-order valence-electron chi connectivity index (χ3n) is 3.16. The number of benzene rings is 1. The highest BCUT2D eigenvalue weighted by Crippen LogP contribution is 2.32. The van der Waals surface area contributed by atoms with Crippen LogP contribution in [-0.2, 0) is 11.2 Å². The smallest absolute Gasteiger partial charge is 0.309 e. The first kappa shape index (κ1) is 13.0. The molecule has 2 aromatic rings. The molecule has 0 amide bonds. The summed E-state index contributed by atoms with van der Waals surface area (Å²) >= 11 is 6.35. The van der Waals surface area contributed by atoms with Crippen molar-refractivity contribution in [2.45, 2.75) is 27.2 Å². The highest BCUT2D eigenvalue weighted by atomic mass is 35.5. The first-order chi connectivity index (χ1) is 8.31. The molecular formula is C14H16ClNO2. The van der Waals surface area contributed by atoms with Gasteiger partial charge in [-0.2, -0.15) is 0 Å². The largest absolute Gasteiger partial charge is 0.481 e. The van der Waals surface area contributed by atoms with E-state index in [4.69, 9.17) is 16.7 Å². The van der Waals surface area contributed by atoms with Gasteiger partial charge in [0.1, 0.15) is 0 Å². The Labute approximate surface area is 111 Å². The summed E-state index contributed by atoms with van der Waals surface area (Å²) in [6.45, 7) is 5.38. The van der Waals surface area contributed by atoms with Crippen LogP contribution in [0.4, 0.5) is 0 Å². The summed E-state index contributed by atoms with van der Waals surface area (Å²) in [4.78, 5) is 14.4. The van der Waals surface area contributed by atoms with Crippen molar-refractivity contribution in [1.82, 2.24) is 4.98 Å². The molecule has 0 aliphatic carbocycles. The zero-order chi connectivity index (χ0) is 13.5. The van der Waals surface area contributed by atoms with Crippen molar-refractivity contribution in [3.05, 3.63) is 34.5 Å². The fourth-order valence-corrected chi connectivity index (χ4v) is 2.33. The number of hydrogen-bond donors (Lipinski definition) is 2. The minimum atomic E-state index is -0.817. The quantitative estimate of drug-likeness (QED) is 0.887. The summed E-state index contributed by atoms with van der Waals surface area (Å²) in [5, 5.41) is 10.8. The number of carbonyl (C=O) groups is 1. The first-order valence-corrected chi connectivity index (χ1v) is 6.19. The van der Waals surface area contributed by atoms with Crippen LogP contribution in [0.15, 0.2) is 18.2 Å². The molecule has 0 aliphatic heterocycles. The van der Waals surface area contributed by atoms with Crippen molar-refractivity contribution in [2.75, 3.05) is 0 Å². The number of rotatable bonds is 3. The zero-order valence-electron chi connectivity index (χ0n) is 10.7. The SMILES string of the molecule is Cc1cc2c(Cl)c(CC(C)(C)C(=O)O)ccc2[nH]1. The Morgan fingerprint density at radius 1 is 1.44 bits per heavy atom. The molecule has 0 aliphatic rings. The highest BCUT2D eigenvalue weighted by molar-refractivity contribution is 6.36. The Morgan fingerprint density at radius 2 is 2.11 bits per heavy atom. The number of aromatic nitrogens is 1. The van der Waals surface area contributed by atoms with Gasteiger partial charge in [-0.15, -0.1) is 0 Å². The average molecular weight is 266 g/mol. The summed E-state index contributed by atoms with van der Waals surface area (Å²) in [5.74, 6) is -0.816. The van der Waals surface area contributed by atoms with Crippen LogP contribution in [0.2, 0.25) is 5.02 Å². The number of carboxylic acid groups (broad SMARTS) is 1. The van der Waals surface area contributed by atoms with E-state index in [0.717, 1.165) is 22.2 Å². The second kappa shape index (κ2) is 4.32. The molecule has 0 atom stereocenters. The van der Waals surface area contributed by atoms with E-state index in [2.05, 4.69) is 4.98 Å². The number of aromatic amines is 1. The van der Waals surface area contributed by atoms with E-state index in [-0.39, 0.29) is 0 Å². The summed E-state index contributed by atoms with van der Waals surface area (Å²) in [7, 11) is 0. The second-order valence-corrected chi connectivity index (χ2v) is 5.70. The van der Waals surface area contributed by atoms with Gasteiger partial charge in [-0.1, -0.05) is 17.7 Å². The Morgan fingerprint density at radius 3 is 2.72 bits per heavy atom. The Balaban J connectivity index is 2.46. The van der Waals surface area contributed by atoms with Gasteiger partial charge in [-0.3, -0.25) is 4.79 Å². The number of nitrogens with one attached hydrogen (secondary N) is 1. The highest BCUT2D eigenvalue weighted by Gasteiger charge is 2.28. The average Bonchev–Trinajstić information content (AvgIpc) is 2.64. The normalized spacial score (nSPS) is 12.0. The Kier molecular flexibility index (Phi) is 3.11. The molecule has 0 fully saturated rings. The minimum absolute atomic E-state index is 0.418. The maximum absolute atomic E-state index is 11.2. The van der Waals surface area contributed by atoms with Crippen molar-refractivity contribution >= 4 is 28.5 Å². The molecule has 2 N–H and O–H groups in total. The first-order valence-electron chi connectivity index (χ1n) is 5.81. The lowest BCUT2D eigenvalue weighted by Gasteiger charge is -2.19. The van der Waals surface area contributed by atoms with Gasteiger partial charge in [0, 0.05) is 16.6 Å². The van der Waals surface area contributed by atoms with Gasteiger partial charge in [0.25, 0.3) is 0 Å². The third-order valence-corrected chi connectivity index (χ3v) is 3.61. The van der Waals surface area contributed by atoms with E-state index in [1.165, 1.54) is 0 Å². The summed E-state index contributed by atoms with van der Waals surface area (Å²) < 4.78 is 0. The lowest BCUT2D eigenvalue weighted by atomic mass is 9.85. The number of aliphatic carboxylic acids is 1. The Hall–Kier alpha value is -1.48. The van der Waals surface area contributed by atoms with Crippen LogP contribution in [-0.4, -0.2) is 16.1 Å². The standard InChI is InChI=1S/C14H16ClNO2/c1-8-6-10-11(16-8)5-4-9(12(10)15)7-14(2,3)13(17)18/h4-6,16H,7H2,1-3H3,(H,17,18). The van der Waals surface area contributed by atoms with Gasteiger partial charge in [-0.25, -0.2) is 0 Å². The fraction of sp³-hybridized carbons (Fsp3) is 0.357. The Bertz CT molecular complexity index is 614. The molecule has 18 heavy (non-hydrogen) atoms. The summed E-state index contributed by atoms with van der Waals surface area (Å²) in [6.07, 6.45) is 0.418. The predicted octanol–water partition coefficient (Wildman–Crippen LogP) is 3.78. The number of hydrogen-bond acceptors (Lipinski definition) is 1. The number of H-pyrrole nitrogens is 1. The van der Waals surface area contributed by atoms with Crippen molar-refractivity contribution in [3.63, 3.8) is 0 Å². The van der Waals surface area contributed by atoms with Gasteiger partial charge in [0.2, 0.25) is 0 Å². The van der Waals surface area contributed by atoms with Gasteiger partial charge in [0.15, 0.2) is 0 Å². The number of carboxylic acids is 1. The molecular weight excluding hydrogens is 250 g/mol. The fourth-order valence-electron chi connectivity index (χ4n) is 2.04. The molecule has 0 saturated heterocycles.